The van der Waals surface area contributed by atoms with Crippen LogP contribution >= 0.6 is 11.3 Å². The minimum absolute atomic E-state index is 0.134. The van der Waals surface area contributed by atoms with E-state index >= 15 is 0 Å². The van der Waals surface area contributed by atoms with E-state index in [0.717, 1.165) is 5.56 Å². The van der Waals surface area contributed by atoms with Crippen molar-refractivity contribution in [1.29, 1.82) is 0 Å². The van der Waals surface area contributed by atoms with Crippen molar-refractivity contribution >= 4 is 17.4 Å². The summed E-state index contributed by atoms with van der Waals surface area (Å²) in [5.74, 6) is 0. The van der Waals surface area contributed by atoms with Crippen LogP contribution in [0.1, 0.15) is 16.0 Å². The average molecular weight is 260 g/mol. The molecule has 0 spiro atoms. The Labute approximate surface area is 111 Å². The summed E-state index contributed by atoms with van der Waals surface area (Å²) in [6, 6.07) is 11.8. The SMILES string of the molecule is Cc1csc(CNC(=O)NCc2ccccc2)c1. The molecule has 18 heavy (non-hydrogen) atoms. The first-order valence-corrected chi connectivity index (χ1v) is 6.71. The number of carbonyl (C=O) groups excluding carboxylic acids is 1. The van der Waals surface area contributed by atoms with Gasteiger partial charge in [-0.15, -0.1) is 11.3 Å². The summed E-state index contributed by atoms with van der Waals surface area (Å²) >= 11 is 1.66. The van der Waals surface area contributed by atoms with Crippen molar-refractivity contribution in [2.45, 2.75) is 20.0 Å². The van der Waals surface area contributed by atoms with Gasteiger partial charge in [-0.3, -0.25) is 0 Å². The van der Waals surface area contributed by atoms with Gasteiger partial charge in [-0.1, -0.05) is 30.3 Å². The summed E-state index contributed by atoms with van der Waals surface area (Å²) in [6.07, 6.45) is 0. The summed E-state index contributed by atoms with van der Waals surface area (Å²) in [5.41, 5.74) is 2.33. The van der Waals surface area contributed by atoms with E-state index in [9.17, 15) is 4.79 Å². The fourth-order valence-corrected chi connectivity index (χ4v) is 2.41. The third-order valence-corrected chi connectivity index (χ3v) is 3.56. The van der Waals surface area contributed by atoms with Crippen LogP contribution in [0.4, 0.5) is 4.79 Å². The van der Waals surface area contributed by atoms with Crippen LogP contribution in [0.15, 0.2) is 41.8 Å². The Hall–Kier alpha value is -1.81. The van der Waals surface area contributed by atoms with E-state index in [4.69, 9.17) is 0 Å². The van der Waals surface area contributed by atoms with Crippen LogP contribution in [0, 0.1) is 6.92 Å². The maximum absolute atomic E-state index is 11.6. The normalized spacial score (nSPS) is 10.1. The fraction of sp³-hybridized carbons (Fsp3) is 0.214. The number of hydrogen-bond acceptors (Lipinski definition) is 2. The Morgan fingerprint density at radius 1 is 1.17 bits per heavy atom. The Morgan fingerprint density at radius 2 is 1.89 bits per heavy atom. The molecule has 0 saturated heterocycles. The molecule has 2 amide bonds. The molecule has 2 rings (SSSR count). The Kier molecular flexibility index (Phi) is 4.36. The summed E-state index contributed by atoms with van der Waals surface area (Å²) in [6.45, 7) is 3.19. The molecule has 0 radical (unpaired) electrons. The number of benzene rings is 1. The van der Waals surface area contributed by atoms with E-state index in [1.54, 1.807) is 11.3 Å². The highest BCUT2D eigenvalue weighted by molar-refractivity contribution is 7.10. The van der Waals surface area contributed by atoms with Crippen LogP contribution < -0.4 is 10.6 Å². The molecule has 0 unspecified atom stereocenters. The first-order valence-electron chi connectivity index (χ1n) is 5.83. The summed E-state index contributed by atoms with van der Waals surface area (Å²) < 4.78 is 0. The van der Waals surface area contributed by atoms with Gasteiger partial charge in [0.1, 0.15) is 0 Å². The number of urea groups is 1. The maximum atomic E-state index is 11.6. The molecule has 0 bridgehead atoms. The van der Waals surface area contributed by atoms with Gasteiger partial charge in [0, 0.05) is 11.4 Å². The molecule has 0 fully saturated rings. The number of amides is 2. The topological polar surface area (TPSA) is 41.1 Å². The van der Waals surface area contributed by atoms with Crippen LogP contribution in [0.3, 0.4) is 0 Å². The molecule has 94 valence electrons. The summed E-state index contributed by atoms with van der Waals surface area (Å²) in [7, 11) is 0. The van der Waals surface area contributed by atoms with Gasteiger partial charge in [-0.2, -0.15) is 0 Å². The van der Waals surface area contributed by atoms with Gasteiger partial charge in [-0.25, -0.2) is 4.79 Å². The van der Waals surface area contributed by atoms with Gasteiger partial charge in [0.2, 0.25) is 0 Å². The van der Waals surface area contributed by atoms with E-state index in [2.05, 4.69) is 29.0 Å². The van der Waals surface area contributed by atoms with Gasteiger partial charge in [0.15, 0.2) is 0 Å². The Balaban J connectivity index is 1.73. The largest absolute Gasteiger partial charge is 0.334 e. The zero-order chi connectivity index (χ0) is 12.8. The van der Waals surface area contributed by atoms with Crippen molar-refractivity contribution in [2.24, 2.45) is 0 Å². The van der Waals surface area contributed by atoms with Crippen LogP contribution in [0.5, 0.6) is 0 Å². The number of nitrogens with one attached hydrogen (secondary N) is 2. The zero-order valence-corrected chi connectivity index (χ0v) is 11.1. The molecule has 2 N–H and O–H groups in total. The second-order valence-electron chi connectivity index (χ2n) is 4.11. The zero-order valence-electron chi connectivity index (χ0n) is 10.3. The van der Waals surface area contributed by atoms with Crippen molar-refractivity contribution in [2.75, 3.05) is 0 Å². The first kappa shape index (κ1) is 12.6. The lowest BCUT2D eigenvalue weighted by atomic mass is 10.2. The summed E-state index contributed by atoms with van der Waals surface area (Å²) in [5, 5.41) is 7.76. The predicted molar refractivity (Wildman–Crippen MR) is 74.6 cm³/mol. The molecule has 0 aliphatic rings. The molecule has 3 nitrogen and oxygen atoms in total. The molecule has 0 aliphatic heterocycles. The molecule has 1 aromatic heterocycles. The third-order valence-electron chi connectivity index (χ3n) is 2.50. The highest BCUT2D eigenvalue weighted by Crippen LogP contribution is 2.12. The fourth-order valence-electron chi connectivity index (χ4n) is 1.59. The second kappa shape index (κ2) is 6.21. The van der Waals surface area contributed by atoms with Gasteiger partial charge < -0.3 is 10.6 Å². The smallest absolute Gasteiger partial charge is 0.315 e. The molecule has 0 saturated carbocycles. The molecule has 4 heteroatoms. The van der Waals surface area contributed by atoms with Crippen molar-refractivity contribution in [3.8, 4) is 0 Å². The van der Waals surface area contributed by atoms with E-state index < -0.39 is 0 Å². The lowest BCUT2D eigenvalue weighted by Gasteiger charge is -2.06. The average Bonchev–Trinajstić information content (AvgIpc) is 2.81. The molecule has 1 aromatic carbocycles. The minimum atomic E-state index is -0.134. The minimum Gasteiger partial charge on any atom is -0.334 e. The molecular weight excluding hydrogens is 244 g/mol. The molecule has 0 aliphatic carbocycles. The monoisotopic (exact) mass is 260 g/mol. The first-order chi connectivity index (χ1) is 8.74. The van der Waals surface area contributed by atoms with Crippen LogP contribution in [0.2, 0.25) is 0 Å². The van der Waals surface area contributed by atoms with Gasteiger partial charge in [0.05, 0.1) is 6.54 Å². The lowest BCUT2D eigenvalue weighted by Crippen LogP contribution is -2.34. The Bertz CT molecular complexity index is 508. The number of rotatable bonds is 4. The number of carbonyl (C=O) groups is 1. The maximum Gasteiger partial charge on any atom is 0.315 e. The summed E-state index contributed by atoms with van der Waals surface area (Å²) in [4.78, 5) is 12.7. The van der Waals surface area contributed by atoms with Crippen LogP contribution in [0.25, 0.3) is 0 Å². The van der Waals surface area contributed by atoms with Crippen molar-refractivity contribution in [3.63, 3.8) is 0 Å². The number of aryl methyl sites for hydroxylation is 1. The number of hydrogen-bond donors (Lipinski definition) is 2. The molecule has 2 aromatic rings. The van der Waals surface area contributed by atoms with Gasteiger partial charge >= 0.3 is 6.03 Å². The van der Waals surface area contributed by atoms with E-state index in [0.29, 0.717) is 13.1 Å². The van der Waals surface area contributed by atoms with Crippen LogP contribution in [-0.4, -0.2) is 6.03 Å². The lowest BCUT2D eigenvalue weighted by molar-refractivity contribution is 0.240. The van der Waals surface area contributed by atoms with E-state index in [1.807, 2.05) is 30.3 Å². The second-order valence-corrected chi connectivity index (χ2v) is 5.11. The van der Waals surface area contributed by atoms with E-state index in [1.165, 1.54) is 10.4 Å². The van der Waals surface area contributed by atoms with Gasteiger partial charge in [-0.05, 0) is 29.5 Å². The highest BCUT2D eigenvalue weighted by atomic mass is 32.1. The van der Waals surface area contributed by atoms with Crippen molar-refractivity contribution in [3.05, 3.63) is 57.8 Å². The quantitative estimate of drug-likeness (QED) is 0.871. The molecule has 0 atom stereocenters. The standard InChI is InChI=1S/C14H16N2OS/c1-11-7-13(18-10-11)9-16-14(17)15-8-12-5-3-2-4-6-12/h2-7,10H,8-9H2,1H3,(H2,15,16,17). The predicted octanol–water partition coefficient (Wildman–Crippen LogP) is 3.06. The van der Waals surface area contributed by atoms with Crippen molar-refractivity contribution < 1.29 is 4.79 Å². The third kappa shape index (κ3) is 3.89. The number of thiophene rings is 1. The molecular formula is C14H16N2OS. The highest BCUT2D eigenvalue weighted by Gasteiger charge is 2.01. The Morgan fingerprint density at radius 3 is 2.56 bits per heavy atom. The van der Waals surface area contributed by atoms with Crippen LogP contribution in [-0.2, 0) is 13.1 Å². The van der Waals surface area contributed by atoms with E-state index in [-0.39, 0.29) is 6.03 Å². The van der Waals surface area contributed by atoms with Crippen molar-refractivity contribution in [1.82, 2.24) is 10.6 Å². The van der Waals surface area contributed by atoms with Gasteiger partial charge in [0.25, 0.3) is 0 Å². The molecule has 1 heterocycles.